The molecule has 90 valence electrons. The Morgan fingerprint density at radius 3 is 2.50 bits per heavy atom. The molecule has 0 spiro atoms. The van der Waals surface area contributed by atoms with Gasteiger partial charge in [0.25, 0.3) is 15.5 Å². The van der Waals surface area contributed by atoms with Crippen LogP contribution >= 0.6 is 10.7 Å². The quantitative estimate of drug-likeness (QED) is 0.848. The Kier molecular flexibility index (Phi) is 3.54. The first-order valence-electron chi connectivity index (χ1n) is 3.77. The van der Waals surface area contributed by atoms with Crippen LogP contribution in [0.5, 0.6) is 11.5 Å². The molecule has 0 unspecified atom stereocenters. The molecular formula is C7H6ClF2NO4S. The summed E-state index contributed by atoms with van der Waals surface area (Å²) in [7, 11) is 1.48. The van der Waals surface area contributed by atoms with E-state index in [2.05, 4.69) is 9.72 Å². The number of ether oxygens (including phenoxy) is 1. The lowest BCUT2D eigenvalue weighted by molar-refractivity contribution is 0.141. The summed E-state index contributed by atoms with van der Waals surface area (Å²) in [6.45, 7) is 0. The minimum absolute atomic E-state index is 0.653. The van der Waals surface area contributed by atoms with Crippen molar-refractivity contribution in [3.05, 3.63) is 11.9 Å². The van der Waals surface area contributed by atoms with Crippen molar-refractivity contribution < 1.29 is 27.0 Å². The molecule has 1 heterocycles. The Labute approximate surface area is 94.1 Å². The first-order chi connectivity index (χ1) is 7.29. The molecule has 0 aliphatic heterocycles. The van der Waals surface area contributed by atoms with Gasteiger partial charge in [0.15, 0.2) is 16.4 Å². The smallest absolute Gasteiger partial charge is 0.281 e. The number of pyridine rings is 1. The molecule has 0 saturated heterocycles. The molecule has 0 aromatic carbocycles. The molecule has 1 aromatic heterocycles. The molecule has 0 amide bonds. The predicted molar refractivity (Wildman–Crippen MR) is 50.4 cm³/mol. The summed E-state index contributed by atoms with van der Waals surface area (Å²) in [5.74, 6) is -1.34. The van der Waals surface area contributed by atoms with E-state index in [0.717, 1.165) is 7.11 Å². The van der Waals surface area contributed by atoms with E-state index < -0.39 is 37.6 Å². The fourth-order valence-electron chi connectivity index (χ4n) is 1.07. The van der Waals surface area contributed by atoms with Gasteiger partial charge in [-0.15, -0.1) is 0 Å². The van der Waals surface area contributed by atoms with Gasteiger partial charge in [0, 0.05) is 10.7 Å². The Morgan fingerprint density at radius 1 is 1.56 bits per heavy atom. The fourth-order valence-corrected chi connectivity index (χ4v) is 2.32. The summed E-state index contributed by atoms with van der Waals surface area (Å²) in [6.07, 6.45) is -2.50. The highest BCUT2D eigenvalue weighted by Gasteiger charge is 2.30. The van der Waals surface area contributed by atoms with Crippen LogP contribution < -0.4 is 4.74 Å². The maximum atomic E-state index is 12.5. The number of hydrogen-bond acceptors (Lipinski definition) is 5. The van der Waals surface area contributed by atoms with Gasteiger partial charge >= 0.3 is 0 Å². The van der Waals surface area contributed by atoms with Crippen molar-refractivity contribution in [2.24, 2.45) is 0 Å². The molecule has 5 nitrogen and oxygen atoms in total. The Hall–Kier alpha value is -1.15. The molecule has 0 radical (unpaired) electrons. The Balaban J connectivity index is 3.68. The van der Waals surface area contributed by atoms with E-state index in [4.69, 9.17) is 10.7 Å². The SMILES string of the molecule is COc1c(O)cnc(C(F)F)c1S(=O)(=O)Cl. The van der Waals surface area contributed by atoms with Crippen molar-refractivity contribution in [2.45, 2.75) is 11.3 Å². The second-order valence-electron chi connectivity index (χ2n) is 2.63. The summed E-state index contributed by atoms with van der Waals surface area (Å²) in [5, 5.41) is 9.21. The van der Waals surface area contributed by atoms with Crippen molar-refractivity contribution in [3.63, 3.8) is 0 Å². The van der Waals surface area contributed by atoms with Crippen LogP contribution in [0.15, 0.2) is 11.1 Å². The van der Waals surface area contributed by atoms with E-state index in [9.17, 15) is 22.3 Å². The standard InChI is InChI=1S/C7H6ClF2NO4S/c1-15-5-3(12)2-11-4(7(9)10)6(5)16(8,13)14/h2,7,12H,1H3. The van der Waals surface area contributed by atoms with Crippen LogP contribution in [-0.4, -0.2) is 25.6 Å². The highest BCUT2D eigenvalue weighted by atomic mass is 35.7. The molecule has 0 aliphatic carbocycles. The largest absolute Gasteiger partial charge is 0.503 e. The average Bonchev–Trinajstić information content (AvgIpc) is 2.15. The zero-order valence-corrected chi connectivity index (χ0v) is 9.39. The molecule has 0 atom stereocenters. The van der Waals surface area contributed by atoms with Crippen molar-refractivity contribution in [3.8, 4) is 11.5 Å². The Bertz CT molecular complexity index is 505. The number of aromatic hydroxyl groups is 1. The molecule has 0 fully saturated rings. The van der Waals surface area contributed by atoms with Gasteiger partial charge in [-0.05, 0) is 0 Å². The average molecular weight is 274 g/mol. The number of aromatic nitrogens is 1. The van der Waals surface area contributed by atoms with Gasteiger partial charge in [-0.1, -0.05) is 0 Å². The van der Waals surface area contributed by atoms with Gasteiger partial charge in [0.1, 0.15) is 5.69 Å². The number of halogens is 3. The number of rotatable bonds is 3. The number of methoxy groups -OCH3 is 1. The van der Waals surface area contributed by atoms with Gasteiger partial charge in [0.05, 0.1) is 13.3 Å². The Morgan fingerprint density at radius 2 is 2.12 bits per heavy atom. The van der Waals surface area contributed by atoms with Gasteiger partial charge in [-0.3, -0.25) is 0 Å². The molecule has 9 heteroatoms. The minimum atomic E-state index is -4.50. The third kappa shape index (κ3) is 2.33. The van der Waals surface area contributed by atoms with Crippen molar-refractivity contribution in [2.75, 3.05) is 7.11 Å². The maximum Gasteiger partial charge on any atom is 0.281 e. The highest BCUT2D eigenvalue weighted by molar-refractivity contribution is 8.13. The summed E-state index contributed by atoms with van der Waals surface area (Å²) in [5.41, 5.74) is -1.07. The first kappa shape index (κ1) is 12.9. The van der Waals surface area contributed by atoms with Crippen molar-refractivity contribution in [1.82, 2.24) is 4.98 Å². The summed E-state index contributed by atoms with van der Waals surface area (Å²) >= 11 is 0. The maximum absolute atomic E-state index is 12.5. The van der Waals surface area contributed by atoms with Crippen molar-refractivity contribution >= 4 is 19.7 Å². The molecule has 0 saturated carbocycles. The summed E-state index contributed by atoms with van der Waals surface area (Å²) < 4.78 is 51.7. The van der Waals surface area contributed by atoms with Crippen LogP contribution in [0.2, 0.25) is 0 Å². The van der Waals surface area contributed by atoms with Crippen LogP contribution in [-0.2, 0) is 9.05 Å². The van der Waals surface area contributed by atoms with Crippen LogP contribution in [0.4, 0.5) is 8.78 Å². The van der Waals surface area contributed by atoms with E-state index >= 15 is 0 Å². The highest BCUT2D eigenvalue weighted by Crippen LogP contribution is 2.39. The topological polar surface area (TPSA) is 76.5 Å². The third-order valence-electron chi connectivity index (χ3n) is 1.65. The molecule has 16 heavy (non-hydrogen) atoms. The zero-order chi connectivity index (χ0) is 12.5. The van der Waals surface area contributed by atoms with Gasteiger partial charge in [-0.2, -0.15) is 0 Å². The lowest BCUT2D eigenvalue weighted by Gasteiger charge is -2.10. The van der Waals surface area contributed by atoms with E-state index in [1.54, 1.807) is 0 Å². The first-order valence-corrected chi connectivity index (χ1v) is 6.08. The van der Waals surface area contributed by atoms with E-state index in [-0.39, 0.29) is 0 Å². The lowest BCUT2D eigenvalue weighted by Crippen LogP contribution is -2.05. The zero-order valence-electron chi connectivity index (χ0n) is 7.82. The van der Waals surface area contributed by atoms with E-state index in [1.165, 1.54) is 0 Å². The normalized spacial score (nSPS) is 11.8. The van der Waals surface area contributed by atoms with Gasteiger partial charge in [0.2, 0.25) is 0 Å². The van der Waals surface area contributed by atoms with Gasteiger partial charge < -0.3 is 9.84 Å². The van der Waals surface area contributed by atoms with Crippen LogP contribution in [0.1, 0.15) is 12.1 Å². The van der Waals surface area contributed by atoms with Crippen LogP contribution in [0.25, 0.3) is 0 Å². The van der Waals surface area contributed by atoms with Gasteiger partial charge in [-0.25, -0.2) is 22.2 Å². The molecular weight excluding hydrogens is 268 g/mol. The monoisotopic (exact) mass is 273 g/mol. The molecule has 0 bridgehead atoms. The molecule has 1 N–H and O–H groups in total. The van der Waals surface area contributed by atoms with E-state index in [1.807, 2.05) is 0 Å². The number of nitrogens with zero attached hydrogens (tertiary/aromatic N) is 1. The minimum Gasteiger partial charge on any atom is -0.503 e. The van der Waals surface area contributed by atoms with E-state index in [0.29, 0.717) is 6.20 Å². The molecule has 1 aromatic rings. The number of alkyl halides is 2. The van der Waals surface area contributed by atoms with Crippen LogP contribution in [0.3, 0.4) is 0 Å². The summed E-state index contributed by atoms with van der Waals surface area (Å²) in [6, 6.07) is 0. The number of hydrogen-bond donors (Lipinski definition) is 1. The van der Waals surface area contributed by atoms with Crippen LogP contribution in [0, 0.1) is 0 Å². The van der Waals surface area contributed by atoms with Crippen molar-refractivity contribution in [1.29, 1.82) is 0 Å². The second-order valence-corrected chi connectivity index (χ2v) is 5.13. The molecule has 1 rings (SSSR count). The fraction of sp³-hybridized carbons (Fsp3) is 0.286. The third-order valence-corrected chi connectivity index (χ3v) is 3.00. The summed E-state index contributed by atoms with van der Waals surface area (Å²) in [4.78, 5) is 2.09. The predicted octanol–water partition coefficient (Wildman–Crippen LogP) is 1.66. The molecule has 0 aliphatic rings. The lowest BCUT2D eigenvalue weighted by atomic mass is 10.3. The second kappa shape index (κ2) is 4.38.